The maximum absolute atomic E-state index is 10.8. The summed E-state index contributed by atoms with van der Waals surface area (Å²) in [6.07, 6.45) is -0.519. The average Bonchev–Trinajstić information content (AvgIpc) is 2.59. The summed E-state index contributed by atoms with van der Waals surface area (Å²) in [6, 6.07) is 24.6. The van der Waals surface area contributed by atoms with Crippen molar-refractivity contribution >= 4 is 10.8 Å². The van der Waals surface area contributed by atoms with Gasteiger partial charge in [0.2, 0.25) is 0 Å². The molecule has 0 aliphatic rings. The molecule has 3 aromatic rings. The molecule has 0 heterocycles. The van der Waals surface area contributed by atoms with Gasteiger partial charge in [0.25, 0.3) is 0 Å². The van der Waals surface area contributed by atoms with Crippen LogP contribution in [0, 0.1) is 0 Å². The van der Waals surface area contributed by atoms with Gasteiger partial charge in [-0.05, 0) is 28.9 Å². The molecule has 0 bridgehead atoms. The third-order valence-corrected chi connectivity index (χ3v) is 4.15. The second-order valence-electron chi connectivity index (χ2n) is 5.63. The first-order valence-electron chi connectivity index (χ1n) is 7.66. The fraction of sp³-hybridized carbons (Fsp3) is 0.200. The van der Waals surface area contributed by atoms with Crippen molar-refractivity contribution in [2.45, 2.75) is 12.0 Å². The van der Waals surface area contributed by atoms with Gasteiger partial charge in [-0.3, -0.25) is 0 Å². The Morgan fingerprint density at radius 3 is 2.23 bits per heavy atom. The summed E-state index contributed by atoms with van der Waals surface area (Å²) in [4.78, 5) is 0. The van der Waals surface area contributed by atoms with Crippen LogP contribution in [0.25, 0.3) is 10.8 Å². The number of hydrogen-bond acceptors (Lipinski definition) is 2. The summed E-state index contributed by atoms with van der Waals surface area (Å²) in [5.41, 5.74) is 2.11. The van der Waals surface area contributed by atoms with E-state index in [4.69, 9.17) is 0 Å². The zero-order valence-corrected chi connectivity index (χ0v) is 12.7. The fourth-order valence-electron chi connectivity index (χ4n) is 2.95. The van der Waals surface area contributed by atoms with Gasteiger partial charge in [-0.25, -0.2) is 0 Å². The number of fused-ring (bicyclic) bond motifs is 1. The van der Waals surface area contributed by atoms with E-state index < -0.39 is 6.10 Å². The lowest BCUT2D eigenvalue weighted by molar-refractivity contribution is 0.144. The number of benzene rings is 3. The molecule has 2 heteroatoms. The molecule has 0 spiro atoms. The van der Waals surface area contributed by atoms with E-state index in [1.807, 2.05) is 49.5 Å². The van der Waals surface area contributed by atoms with Gasteiger partial charge in [0, 0.05) is 12.5 Å². The summed E-state index contributed by atoms with van der Waals surface area (Å²) >= 11 is 0. The number of rotatable bonds is 5. The van der Waals surface area contributed by atoms with Crippen LogP contribution in [0.15, 0.2) is 72.8 Å². The van der Waals surface area contributed by atoms with Gasteiger partial charge in [-0.1, -0.05) is 72.8 Å². The Bertz CT molecular complexity index is 739. The predicted octanol–water partition coefficient (Wildman–Crippen LogP) is 3.88. The summed E-state index contributed by atoms with van der Waals surface area (Å²) in [5.74, 6) is 0.0250. The number of aliphatic hydroxyl groups excluding tert-OH is 1. The van der Waals surface area contributed by atoms with E-state index >= 15 is 0 Å². The third kappa shape index (κ3) is 3.03. The monoisotopic (exact) mass is 291 g/mol. The van der Waals surface area contributed by atoms with Crippen molar-refractivity contribution in [1.29, 1.82) is 0 Å². The lowest BCUT2D eigenvalue weighted by Crippen LogP contribution is -2.23. The van der Waals surface area contributed by atoms with Gasteiger partial charge >= 0.3 is 0 Å². The van der Waals surface area contributed by atoms with Crippen LogP contribution in [0.5, 0.6) is 0 Å². The summed E-state index contributed by atoms with van der Waals surface area (Å²) in [5, 5.41) is 16.4. The van der Waals surface area contributed by atoms with Gasteiger partial charge in [0.1, 0.15) is 0 Å². The molecule has 0 aliphatic carbocycles. The molecule has 2 atom stereocenters. The summed E-state index contributed by atoms with van der Waals surface area (Å²) in [6.45, 7) is 0.731. The van der Waals surface area contributed by atoms with Crippen LogP contribution in [0.4, 0.5) is 0 Å². The number of hydrogen-bond donors (Lipinski definition) is 2. The maximum atomic E-state index is 10.8. The first-order valence-corrected chi connectivity index (χ1v) is 7.66. The molecule has 3 rings (SSSR count). The van der Waals surface area contributed by atoms with Crippen LogP contribution < -0.4 is 5.32 Å². The average molecular weight is 291 g/mol. The van der Waals surface area contributed by atoms with Crippen molar-refractivity contribution in [3.05, 3.63) is 83.9 Å². The van der Waals surface area contributed by atoms with E-state index in [0.717, 1.165) is 17.7 Å². The van der Waals surface area contributed by atoms with E-state index in [1.165, 1.54) is 10.8 Å². The van der Waals surface area contributed by atoms with Crippen molar-refractivity contribution in [2.75, 3.05) is 13.6 Å². The quantitative estimate of drug-likeness (QED) is 0.748. The first kappa shape index (κ1) is 14.8. The Kier molecular flexibility index (Phi) is 4.52. The highest BCUT2D eigenvalue weighted by molar-refractivity contribution is 5.83. The Hall–Kier alpha value is -2.16. The predicted molar refractivity (Wildman–Crippen MR) is 92.0 cm³/mol. The number of nitrogens with one attached hydrogen (secondary N) is 1. The molecule has 1 unspecified atom stereocenters. The largest absolute Gasteiger partial charge is 0.388 e. The number of aliphatic hydroxyl groups is 1. The molecule has 0 amide bonds. The van der Waals surface area contributed by atoms with E-state index in [-0.39, 0.29) is 5.92 Å². The van der Waals surface area contributed by atoms with Gasteiger partial charge in [-0.2, -0.15) is 0 Å². The lowest BCUT2D eigenvalue weighted by atomic mass is 9.88. The summed E-state index contributed by atoms with van der Waals surface area (Å²) < 4.78 is 0. The number of likely N-dealkylation sites (N-methyl/N-ethyl adjacent to an activating group) is 1. The van der Waals surface area contributed by atoms with E-state index in [9.17, 15) is 5.11 Å². The third-order valence-electron chi connectivity index (χ3n) is 4.15. The maximum Gasteiger partial charge on any atom is 0.0870 e. The van der Waals surface area contributed by atoms with E-state index in [1.54, 1.807) is 0 Å². The van der Waals surface area contributed by atoms with Crippen LogP contribution in [-0.4, -0.2) is 18.7 Å². The zero-order chi connectivity index (χ0) is 15.4. The molecular formula is C20H21NO. The minimum absolute atomic E-state index is 0.0250. The van der Waals surface area contributed by atoms with Gasteiger partial charge in [0.05, 0.1) is 6.10 Å². The smallest absolute Gasteiger partial charge is 0.0870 e. The molecular weight excluding hydrogens is 270 g/mol. The molecule has 2 nitrogen and oxygen atoms in total. The standard InChI is InChI=1S/C20H21NO/c1-21-14-19(20(22)16-8-3-2-4-9-16)18-12-11-15-7-5-6-10-17(15)13-18/h2-13,19-22H,14H2,1H3/t19-,20?/m0/s1. The molecule has 112 valence electrons. The molecule has 0 saturated heterocycles. The molecule has 22 heavy (non-hydrogen) atoms. The van der Waals surface area contributed by atoms with E-state index in [0.29, 0.717) is 0 Å². The van der Waals surface area contributed by atoms with Crippen LogP contribution in [-0.2, 0) is 0 Å². The fourth-order valence-corrected chi connectivity index (χ4v) is 2.95. The second kappa shape index (κ2) is 6.73. The van der Waals surface area contributed by atoms with Crippen LogP contribution in [0.1, 0.15) is 23.1 Å². The highest BCUT2D eigenvalue weighted by Gasteiger charge is 2.22. The summed E-state index contributed by atoms with van der Waals surface area (Å²) in [7, 11) is 1.92. The SMILES string of the molecule is CNC[C@@H](c1ccc2ccccc2c1)C(O)c1ccccc1. The molecule has 0 aliphatic heterocycles. The Labute approximate surface area is 131 Å². The van der Waals surface area contributed by atoms with Gasteiger partial charge in [-0.15, -0.1) is 0 Å². The molecule has 2 N–H and O–H groups in total. The van der Waals surface area contributed by atoms with Crippen molar-refractivity contribution in [3.8, 4) is 0 Å². The minimum Gasteiger partial charge on any atom is -0.388 e. The zero-order valence-electron chi connectivity index (χ0n) is 12.7. The van der Waals surface area contributed by atoms with Crippen LogP contribution in [0.2, 0.25) is 0 Å². The normalized spacial score (nSPS) is 13.9. The van der Waals surface area contributed by atoms with Crippen LogP contribution in [0.3, 0.4) is 0 Å². The Morgan fingerprint density at radius 1 is 0.818 bits per heavy atom. The molecule has 3 aromatic carbocycles. The second-order valence-corrected chi connectivity index (χ2v) is 5.63. The molecule has 0 aromatic heterocycles. The van der Waals surface area contributed by atoms with Gasteiger partial charge < -0.3 is 10.4 Å². The van der Waals surface area contributed by atoms with Crippen LogP contribution >= 0.6 is 0 Å². The molecule has 0 radical (unpaired) electrons. The Balaban J connectivity index is 1.98. The Morgan fingerprint density at radius 2 is 1.50 bits per heavy atom. The molecule has 0 fully saturated rings. The van der Waals surface area contributed by atoms with Crippen molar-refractivity contribution in [1.82, 2.24) is 5.32 Å². The highest BCUT2D eigenvalue weighted by Crippen LogP contribution is 2.32. The van der Waals surface area contributed by atoms with Crippen molar-refractivity contribution in [3.63, 3.8) is 0 Å². The molecule has 0 saturated carbocycles. The first-order chi connectivity index (χ1) is 10.8. The van der Waals surface area contributed by atoms with Gasteiger partial charge in [0.15, 0.2) is 0 Å². The topological polar surface area (TPSA) is 32.3 Å². The van der Waals surface area contributed by atoms with E-state index in [2.05, 4.69) is 35.6 Å². The van der Waals surface area contributed by atoms with Crippen molar-refractivity contribution in [2.24, 2.45) is 0 Å². The van der Waals surface area contributed by atoms with Crippen molar-refractivity contribution < 1.29 is 5.11 Å². The minimum atomic E-state index is -0.519. The highest BCUT2D eigenvalue weighted by atomic mass is 16.3. The lowest BCUT2D eigenvalue weighted by Gasteiger charge is -2.24.